The van der Waals surface area contributed by atoms with E-state index in [1.807, 2.05) is 13.0 Å². The molecule has 0 aliphatic carbocycles. The van der Waals surface area contributed by atoms with Gasteiger partial charge in [-0.2, -0.15) is 5.26 Å². The highest BCUT2D eigenvalue weighted by Gasteiger charge is 2.15. The fraction of sp³-hybridized carbons (Fsp3) is 0.115. The number of carbonyl (C=O) groups is 2. The molecule has 0 atom stereocenters. The molecule has 0 aliphatic heterocycles. The number of ether oxygens (including phenoxy) is 2. The Morgan fingerprint density at radius 2 is 1.74 bits per heavy atom. The summed E-state index contributed by atoms with van der Waals surface area (Å²) in [5, 5.41) is 21.4. The Bertz CT molecular complexity index is 1300. The van der Waals surface area contributed by atoms with E-state index in [0.717, 1.165) is 10.0 Å². The number of amides is 1. The van der Waals surface area contributed by atoms with Crippen molar-refractivity contribution < 1.29 is 24.2 Å². The van der Waals surface area contributed by atoms with Crippen molar-refractivity contribution in [3.8, 4) is 17.6 Å². The van der Waals surface area contributed by atoms with Crippen LogP contribution in [0.3, 0.4) is 0 Å². The maximum Gasteiger partial charge on any atom is 0.335 e. The van der Waals surface area contributed by atoms with Gasteiger partial charge in [0.05, 0.1) is 16.6 Å². The third kappa shape index (κ3) is 7.18. The first kappa shape index (κ1) is 26.0. The molecule has 3 aromatic carbocycles. The van der Waals surface area contributed by atoms with E-state index in [9.17, 15) is 14.9 Å². The average Bonchev–Trinajstić information content (AvgIpc) is 2.83. The summed E-state index contributed by atoms with van der Waals surface area (Å²) in [5.74, 6) is -0.465. The number of nitrogens with zero attached hydrogens (tertiary/aromatic N) is 1. The number of carboxylic acids is 1. The van der Waals surface area contributed by atoms with E-state index in [2.05, 4.69) is 37.2 Å². The topological polar surface area (TPSA) is 109 Å². The van der Waals surface area contributed by atoms with Gasteiger partial charge < -0.3 is 19.9 Å². The van der Waals surface area contributed by atoms with E-state index in [1.54, 1.807) is 48.5 Å². The average molecular weight is 600 g/mol. The summed E-state index contributed by atoms with van der Waals surface area (Å²) in [6, 6.07) is 18.6. The Kier molecular flexibility index (Phi) is 9.06. The molecule has 0 fully saturated rings. The van der Waals surface area contributed by atoms with Crippen molar-refractivity contribution in [1.82, 2.24) is 0 Å². The minimum atomic E-state index is -1.01. The zero-order valence-electron chi connectivity index (χ0n) is 18.5. The number of hydrogen-bond donors (Lipinski definition) is 2. The lowest BCUT2D eigenvalue weighted by Crippen LogP contribution is -2.13. The Morgan fingerprint density at radius 1 is 1.06 bits per heavy atom. The van der Waals surface area contributed by atoms with Crippen LogP contribution in [-0.2, 0) is 11.4 Å². The first-order chi connectivity index (χ1) is 16.8. The maximum absolute atomic E-state index is 12.8. The molecular weight excluding hydrogens is 580 g/mol. The largest absolute Gasteiger partial charge is 0.494 e. The van der Waals surface area contributed by atoms with Gasteiger partial charge in [0.25, 0.3) is 5.91 Å². The van der Waals surface area contributed by atoms with Gasteiger partial charge in [-0.3, -0.25) is 4.79 Å². The quantitative estimate of drug-likeness (QED) is 0.217. The van der Waals surface area contributed by atoms with Crippen molar-refractivity contribution in [2.24, 2.45) is 0 Å². The van der Waals surface area contributed by atoms with E-state index in [0.29, 0.717) is 33.8 Å². The molecule has 0 radical (unpaired) electrons. The fourth-order valence-electron chi connectivity index (χ4n) is 3.04. The molecule has 2 N–H and O–H groups in total. The lowest BCUT2D eigenvalue weighted by Gasteiger charge is -2.13. The summed E-state index contributed by atoms with van der Waals surface area (Å²) in [7, 11) is 0. The van der Waals surface area contributed by atoms with Crippen LogP contribution in [0, 0.1) is 11.3 Å². The number of carbonyl (C=O) groups excluding carboxylic acids is 1. The van der Waals surface area contributed by atoms with E-state index >= 15 is 0 Å². The molecule has 7 nitrogen and oxygen atoms in total. The van der Waals surface area contributed by atoms with Gasteiger partial charge in [-0.05, 0) is 83.0 Å². The second kappa shape index (κ2) is 12.2. The van der Waals surface area contributed by atoms with Crippen molar-refractivity contribution in [1.29, 1.82) is 5.26 Å². The molecule has 3 rings (SSSR count). The van der Waals surface area contributed by atoms with Crippen LogP contribution in [0.15, 0.2) is 75.2 Å². The van der Waals surface area contributed by atoms with Crippen LogP contribution < -0.4 is 14.8 Å². The van der Waals surface area contributed by atoms with Crippen LogP contribution >= 0.6 is 31.9 Å². The van der Waals surface area contributed by atoms with E-state index in [4.69, 9.17) is 14.6 Å². The van der Waals surface area contributed by atoms with E-state index < -0.39 is 11.9 Å². The summed E-state index contributed by atoms with van der Waals surface area (Å²) in [6.07, 6.45) is 1.45. The standard InChI is InChI=1S/C26H20Br2N2O5/c1-2-34-22-9-7-21(8-10-22)30-25(31)19(14-29)11-18-12-20(27)13-23(28)24(18)35-15-16-3-5-17(6-4-16)26(32)33/h3-13H,2,15H2,1H3,(H,30,31)(H,32,33)/b19-11+. The SMILES string of the molecule is CCOc1ccc(NC(=O)/C(C#N)=C/c2cc(Br)cc(Br)c2OCc2ccc(C(=O)O)cc2)cc1. The Balaban J connectivity index is 1.82. The molecule has 0 heterocycles. The number of nitriles is 1. The molecule has 0 bridgehead atoms. The minimum Gasteiger partial charge on any atom is -0.494 e. The highest BCUT2D eigenvalue weighted by Crippen LogP contribution is 2.35. The molecule has 0 spiro atoms. The molecule has 9 heteroatoms. The first-order valence-corrected chi connectivity index (χ1v) is 12.0. The third-order valence-electron chi connectivity index (χ3n) is 4.71. The number of anilines is 1. The van der Waals surface area contributed by atoms with Crippen molar-refractivity contribution >= 4 is 55.5 Å². The Labute approximate surface area is 219 Å². The maximum atomic E-state index is 12.8. The Morgan fingerprint density at radius 3 is 2.34 bits per heavy atom. The molecule has 0 aliphatic rings. The Hall–Kier alpha value is -3.61. The number of nitrogens with one attached hydrogen (secondary N) is 1. The number of aromatic carboxylic acids is 1. The summed E-state index contributed by atoms with van der Waals surface area (Å²) in [5.41, 5.74) is 1.86. The number of benzene rings is 3. The lowest BCUT2D eigenvalue weighted by molar-refractivity contribution is -0.112. The smallest absolute Gasteiger partial charge is 0.335 e. The van der Waals surface area contributed by atoms with Crippen LogP contribution in [0.25, 0.3) is 6.08 Å². The molecule has 1 amide bonds. The zero-order chi connectivity index (χ0) is 25.4. The van der Waals surface area contributed by atoms with Gasteiger partial charge >= 0.3 is 5.97 Å². The van der Waals surface area contributed by atoms with Crippen LogP contribution in [0.5, 0.6) is 11.5 Å². The van der Waals surface area contributed by atoms with Crippen molar-refractivity contribution in [3.63, 3.8) is 0 Å². The summed E-state index contributed by atoms with van der Waals surface area (Å²) >= 11 is 6.89. The molecule has 0 saturated carbocycles. The van der Waals surface area contributed by atoms with Gasteiger partial charge in [0.1, 0.15) is 29.7 Å². The number of hydrogen-bond acceptors (Lipinski definition) is 5. The number of halogens is 2. The van der Waals surface area contributed by atoms with E-state index in [-0.39, 0.29) is 17.7 Å². The lowest BCUT2D eigenvalue weighted by atomic mass is 10.1. The second-order valence-corrected chi connectivity index (χ2v) is 8.95. The molecule has 0 unspecified atom stereocenters. The van der Waals surface area contributed by atoms with Gasteiger partial charge in [0, 0.05) is 15.7 Å². The van der Waals surface area contributed by atoms with Gasteiger partial charge in [0.2, 0.25) is 0 Å². The monoisotopic (exact) mass is 598 g/mol. The van der Waals surface area contributed by atoms with Crippen LogP contribution in [0.2, 0.25) is 0 Å². The summed E-state index contributed by atoms with van der Waals surface area (Å²) in [4.78, 5) is 23.8. The zero-order valence-corrected chi connectivity index (χ0v) is 21.7. The molecule has 3 aromatic rings. The van der Waals surface area contributed by atoms with Crippen molar-refractivity contribution in [2.45, 2.75) is 13.5 Å². The molecule has 178 valence electrons. The van der Waals surface area contributed by atoms with Crippen LogP contribution in [0.4, 0.5) is 5.69 Å². The molecule has 0 saturated heterocycles. The molecule has 35 heavy (non-hydrogen) atoms. The number of rotatable bonds is 9. The molecular formula is C26H20Br2N2O5. The minimum absolute atomic E-state index is 0.112. The second-order valence-electron chi connectivity index (χ2n) is 7.18. The van der Waals surface area contributed by atoms with Gasteiger partial charge in [-0.25, -0.2) is 4.79 Å². The summed E-state index contributed by atoms with van der Waals surface area (Å²) in [6.45, 7) is 2.57. The highest BCUT2D eigenvalue weighted by atomic mass is 79.9. The first-order valence-electron chi connectivity index (χ1n) is 10.4. The predicted molar refractivity (Wildman–Crippen MR) is 139 cm³/mol. The fourth-order valence-corrected chi connectivity index (χ4v) is 4.42. The number of carboxylic acid groups (broad SMARTS) is 1. The summed E-state index contributed by atoms with van der Waals surface area (Å²) < 4.78 is 12.7. The molecule has 0 aromatic heterocycles. The normalized spacial score (nSPS) is 10.9. The van der Waals surface area contributed by atoms with Gasteiger partial charge in [-0.1, -0.05) is 28.1 Å². The highest BCUT2D eigenvalue weighted by molar-refractivity contribution is 9.11. The van der Waals surface area contributed by atoms with Gasteiger partial charge in [0.15, 0.2) is 0 Å². The van der Waals surface area contributed by atoms with Crippen LogP contribution in [-0.4, -0.2) is 23.6 Å². The van der Waals surface area contributed by atoms with Crippen LogP contribution in [0.1, 0.15) is 28.4 Å². The van der Waals surface area contributed by atoms with Crippen molar-refractivity contribution in [2.75, 3.05) is 11.9 Å². The van der Waals surface area contributed by atoms with Gasteiger partial charge in [-0.15, -0.1) is 0 Å². The third-order valence-corrected chi connectivity index (χ3v) is 5.76. The predicted octanol–water partition coefficient (Wildman–Crippen LogP) is 6.43. The van der Waals surface area contributed by atoms with Crippen molar-refractivity contribution in [3.05, 3.63) is 91.9 Å². The van der Waals surface area contributed by atoms with E-state index in [1.165, 1.54) is 18.2 Å².